The summed E-state index contributed by atoms with van der Waals surface area (Å²) in [4.78, 5) is 4.62. The summed E-state index contributed by atoms with van der Waals surface area (Å²) in [6.45, 7) is 6.22. The van der Waals surface area contributed by atoms with Gasteiger partial charge >= 0.3 is 0 Å². The molecule has 0 aliphatic heterocycles. The molecule has 0 amide bonds. The third kappa shape index (κ3) is 2.19. The number of aryl methyl sites for hydroxylation is 1. The Balaban J connectivity index is 2.68. The molecule has 0 aliphatic rings. The molecule has 0 bridgehead atoms. The second-order valence-electron chi connectivity index (χ2n) is 4.74. The summed E-state index contributed by atoms with van der Waals surface area (Å²) in [5, 5.41) is 9.19. The van der Waals surface area contributed by atoms with Crippen molar-refractivity contribution in [2.45, 2.75) is 33.2 Å². The number of rotatable bonds is 3. The van der Waals surface area contributed by atoms with Crippen LogP contribution in [0.4, 0.5) is 5.82 Å². The van der Waals surface area contributed by atoms with Gasteiger partial charge in [-0.25, -0.2) is 4.98 Å². The maximum absolute atomic E-state index is 9.19. The van der Waals surface area contributed by atoms with Crippen LogP contribution < -0.4 is 5.73 Å². The Kier molecular flexibility index (Phi) is 3.57. The van der Waals surface area contributed by atoms with Crippen LogP contribution in [-0.4, -0.2) is 9.55 Å². The molecule has 1 aromatic carbocycles. The second-order valence-corrected chi connectivity index (χ2v) is 4.74. The van der Waals surface area contributed by atoms with Crippen molar-refractivity contribution in [2.75, 3.05) is 5.73 Å². The molecule has 2 aromatic rings. The zero-order valence-corrected chi connectivity index (χ0v) is 11.5. The monoisotopic (exact) mass is 254 g/mol. The van der Waals surface area contributed by atoms with Crippen molar-refractivity contribution in [1.82, 2.24) is 9.55 Å². The first-order chi connectivity index (χ1) is 9.10. The van der Waals surface area contributed by atoms with Gasteiger partial charge in [-0.05, 0) is 19.9 Å². The number of hydrogen-bond acceptors (Lipinski definition) is 3. The van der Waals surface area contributed by atoms with Crippen molar-refractivity contribution < 1.29 is 0 Å². The van der Waals surface area contributed by atoms with Crippen LogP contribution >= 0.6 is 0 Å². The predicted octanol–water partition coefficient (Wildman–Crippen LogP) is 3.15. The van der Waals surface area contributed by atoms with E-state index in [9.17, 15) is 5.26 Å². The molecule has 0 atom stereocenters. The number of aromatic nitrogens is 2. The Labute approximate surface area is 113 Å². The molecule has 4 nitrogen and oxygen atoms in total. The molecular weight excluding hydrogens is 236 g/mol. The van der Waals surface area contributed by atoms with Gasteiger partial charge in [-0.2, -0.15) is 5.26 Å². The molecule has 19 heavy (non-hydrogen) atoms. The third-order valence-electron chi connectivity index (χ3n) is 3.16. The summed E-state index contributed by atoms with van der Waals surface area (Å²) in [7, 11) is 0. The van der Waals surface area contributed by atoms with Crippen LogP contribution in [0.1, 0.15) is 38.2 Å². The fourth-order valence-electron chi connectivity index (χ4n) is 2.30. The minimum absolute atomic E-state index is 0.255. The zero-order valence-electron chi connectivity index (χ0n) is 11.5. The van der Waals surface area contributed by atoms with E-state index in [1.54, 1.807) is 6.07 Å². The minimum Gasteiger partial charge on any atom is -0.383 e. The standard InChI is InChI=1S/C15H18N4/c1-4-13-18-14(15(17)19(13)10(2)3)12-8-6-5-7-11(12)9-16/h5-8,10H,4,17H2,1-3H3. The van der Waals surface area contributed by atoms with E-state index >= 15 is 0 Å². The molecule has 1 heterocycles. The van der Waals surface area contributed by atoms with E-state index < -0.39 is 0 Å². The number of hydrogen-bond donors (Lipinski definition) is 1. The van der Waals surface area contributed by atoms with Crippen molar-refractivity contribution in [3.8, 4) is 17.3 Å². The van der Waals surface area contributed by atoms with Crippen LogP contribution in [0.5, 0.6) is 0 Å². The average molecular weight is 254 g/mol. The average Bonchev–Trinajstić information content (AvgIpc) is 2.75. The van der Waals surface area contributed by atoms with E-state index in [0.717, 1.165) is 17.8 Å². The highest BCUT2D eigenvalue weighted by atomic mass is 15.2. The Morgan fingerprint density at radius 3 is 2.58 bits per heavy atom. The Hall–Kier alpha value is -2.28. The van der Waals surface area contributed by atoms with Gasteiger partial charge in [-0.1, -0.05) is 25.1 Å². The molecule has 0 spiro atoms. The van der Waals surface area contributed by atoms with Gasteiger partial charge in [0, 0.05) is 18.0 Å². The van der Waals surface area contributed by atoms with Crippen LogP contribution in [-0.2, 0) is 6.42 Å². The van der Waals surface area contributed by atoms with E-state index in [1.807, 2.05) is 22.8 Å². The number of nitrogens with zero attached hydrogens (tertiary/aromatic N) is 3. The molecule has 2 rings (SSSR count). The van der Waals surface area contributed by atoms with Crippen LogP contribution in [0.15, 0.2) is 24.3 Å². The van der Waals surface area contributed by atoms with Crippen molar-refractivity contribution in [2.24, 2.45) is 0 Å². The summed E-state index contributed by atoms with van der Waals surface area (Å²) >= 11 is 0. The third-order valence-corrected chi connectivity index (χ3v) is 3.16. The summed E-state index contributed by atoms with van der Waals surface area (Å²) < 4.78 is 2.03. The molecular formula is C15H18N4. The molecule has 0 saturated heterocycles. The molecule has 0 radical (unpaired) electrons. The Morgan fingerprint density at radius 2 is 2.05 bits per heavy atom. The topological polar surface area (TPSA) is 67.6 Å². The first-order valence-corrected chi connectivity index (χ1v) is 6.46. The van der Waals surface area contributed by atoms with E-state index in [4.69, 9.17) is 5.73 Å². The molecule has 0 fully saturated rings. The molecule has 0 aliphatic carbocycles. The van der Waals surface area contributed by atoms with Gasteiger partial charge in [-0.3, -0.25) is 0 Å². The summed E-state index contributed by atoms with van der Waals surface area (Å²) in [6, 6.07) is 9.87. The molecule has 2 N–H and O–H groups in total. The van der Waals surface area contributed by atoms with E-state index in [1.165, 1.54) is 0 Å². The number of anilines is 1. The molecule has 0 saturated carbocycles. The zero-order chi connectivity index (χ0) is 14.0. The maximum atomic E-state index is 9.19. The largest absolute Gasteiger partial charge is 0.383 e. The fourth-order valence-corrected chi connectivity index (χ4v) is 2.30. The van der Waals surface area contributed by atoms with Gasteiger partial charge in [0.25, 0.3) is 0 Å². The maximum Gasteiger partial charge on any atom is 0.132 e. The van der Waals surface area contributed by atoms with Gasteiger partial charge in [0.05, 0.1) is 11.6 Å². The van der Waals surface area contributed by atoms with Crippen LogP contribution in [0.2, 0.25) is 0 Å². The van der Waals surface area contributed by atoms with Crippen molar-refractivity contribution in [3.63, 3.8) is 0 Å². The van der Waals surface area contributed by atoms with E-state index in [2.05, 4.69) is 31.8 Å². The number of nitrogens with two attached hydrogens (primary N) is 1. The van der Waals surface area contributed by atoms with Crippen molar-refractivity contribution in [3.05, 3.63) is 35.7 Å². The number of benzene rings is 1. The fraction of sp³-hybridized carbons (Fsp3) is 0.333. The molecule has 1 aromatic heterocycles. The van der Waals surface area contributed by atoms with Crippen LogP contribution in [0.3, 0.4) is 0 Å². The SMILES string of the molecule is CCc1nc(-c2ccccc2C#N)c(N)n1C(C)C. The minimum atomic E-state index is 0.255. The predicted molar refractivity (Wildman–Crippen MR) is 76.6 cm³/mol. The van der Waals surface area contributed by atoms with E-state index in [-0.39, 0.29) is 6.04 Å². The van der Waals surface area contributed by atoms with Crippen LogP contribution in [0.25, 0.3) is 11.3 Å². The van der Waals surface area contributed by atoms with Crippen molar-refractivity contribution in [1.29, 1.82) is 5.26 Å². The van der Waals surface area contributed by atoms with Gasteiger partial charge in [-0.15, -0.1) is 0 Å². The lowest BCUT2D eigenvalue weighted by atomic mass is 10.1. The quantitative estimate of drug-likeness (QED) is 0.914. The number of imidazole rings is 1. The lowest BCUT2D eigenvalue weighted by Crippen LogP contribution is -2.08. The first-order valence-electron chi connectivity index (χ1n) is 6.46. The van der Waals surface area contributed by atoms with Gasteiger partial charge in [0.2, 0.25) is 0 Å². The van der Waals surface area contributed by atoms with E-state index in [0.29, 0.717) is 17.1 Å². The summed E-state index contributed by atoms with van der Waals surface area (Å²) in [6.07, 6.45) is 0.817. The molecule has 0 unspecified atom stereocenters. The van der Waals surface area contributed by atoms with Crippen molar-refractivity contribution >= 4 is 5.82 Å². The summed E-state index contributed by atoms with van der Waals surface area (Å²) in [5.41, 5.74) is 8.34. The highest BCUT2D eigenvalue weighted by Gasteiger charge is 2.18. The Morgan fingerprint density at radius 1 is 1.37 bits per heavy atom. The van der Waals surface area contributed by atoms with Gasteiger partial charge in [0.1, 0.15) is 17.3 Å². The Bertz CT molecular complexity index is 632. The highest BCUT2D eigenvalue weighted by molar-refractivity contribution is 5.76. The van der Waals surface area contributed by atoms with Gasteiger partial charge < -0.3 is 10.3 Å². The summed E-state index contributed by atoms with van der Waals surface area (Å²) in [5.74, 6) is 1.59. The number of nitrogen functional groups attached to an aromatic ring is 1. The number of nitriles is 1. The van der Waals surface area contributed by atoms with Crippen LogP contribution in [0, 0.1) is 11.3 Å². The van der Waals surface area contributed by atoms with Gasteiger partial charge in [0.15, 0.2) is 0 Å². The smallest absolute Gasteiger partial charge is 0.132 e. The first kappa shape index (κ1) is 13.2. The molecule has 4 heteroatoms. The second kappa shape index (κ2) is 5.15. The molecule has 98 valence electrons. The highest BCUT2D eigenvalue weighted by Crippen LogP contribution is 2.31. The lowest BCUT2D eigenvalue weighted by molar-refractivity contribution is 0.579. The lowest BCUT2D eigenvalue weighted by Gasteiger charge is -2.12. The normalized spacial score (nSPS) is 10.7.